The Balaban J connectivity index is 1.83. The molecule has 1 aromatic heterocycles. The Bertz CT molecular complexity index is 663. The standard InChI is InChI=1S/C17H20N2O3S/c1-12(20)9-18-17(21)8-5-14-3-6-16(7-4-14)22-10-15-11-23-13(2)19-15/h3-8,11-12,20H,9-10H2,1-2H3,(H,18,21)/b8-5+. The number of aliphatic hydroxyl groups is 1. The van der Waals surface area contributed by atoms with E-state index in [1.54, 1.807) is 24.3 Å². The minimum Gasteiger partial charge on any atom is -0.487 e. The number of nitrogens with zero attached hydrogens (tertiary/aromatic N) is 1. The number of ether oxygens (including phenoxy) is 1. The van der Waals surface area contributed by atoms with Crippen LogP contribution >= 0.6 is 11.3 Å². The first kappa shape index (κ1) is 17.2. The smallest absolute Gasteiger partial charge is 0.244 e. The van der Waals surface area contributed by atoms with Crippen LogP contribution in [0.15, 0.2) is 35.7 Å². The molecule has 23 heavy (non-hydrogen) atoms. The normalized spacial score (nSPS) is 12.3. The Morgan fingerprint density at radius 1 is 1.43 bits per heavy atom. The maximum absolute atomic E-state index is 11.5. The highest BCUT2D eigenvalue weighted by molar-refractivity contribution is 7.09. The SMILES string of the molecule is Cc1nc(COc2ccc(/C=C/C(=O)NCC(C)O)cc2)cs1. The van der Waals surface area contributed by atoms with Crippen LogP contribution in [0.3, 0.4) is 0 Å². The molecular weight excluding hydrogens is 312 g/mol. The number of benzene rings is 1. The predicted molar refractivity (Wildman–Crippen MR) is 91.3 cm³/mol. The average Bonchev–Trinajstić information content (AvgIpc) is 2.95. The third kappa shape index (κ3) is 6.22. The van der Waals surface area contributed by atoms with Gasteiger partial charge >= 0.3 is 0 Å². The van der Waals surface area contributed by atoms with Crippen molar-refractivity contribution in [2.24, 2.45) is 0 Å². The molecule has 1 aromatic carbocycles. The van der Waals surface area contributed by atoms with Crippen molar-refractivity contribution in [3.8, 4) is 5.75 Å². The molecule has 1 unspecified atom stereocenters. The summed E-state index contributed by atoms with van der Waals surface area (Å²) in [5.74, 6) is 0.525. The average molecular weight is 332 g/mol. The van der Waals surface area contributed by atoms with Crippen LogP contribution in [0.1, 0.15) is 23.2 Å². The second-order valence-corrected chi connectivity index (χ2v) is 6.21. The molecule has 1 heterocycles. The number of hydrogen-bond donors (Lipinski definition) is 2. The van der Waals surface area contributed by atoms with Crippen LogP contribution in [0.2, 0.25) is 0 Å². The molecule has 2 N–H and O–H groups in total. The molecule has 0 aliphatic heterocycles. The van der Waals surface area contributed by atoms with Crippen molar-refractivity contribution in [3.05, 3.63) is 52.0 Å². The van der Waals surface area contributed by atoms with Gasteiger partial charge in [0.1, 0.15) is 12.4 Å². The number of rotatable bonds is 7. The second kappa shape index (κ2) is 8.45. The van der Waals surface area contributed by atoms with Crippen LogP contribution in [0.25, 0.3) is 6.08 Å². The van der Waals surface area contributed by atoms with Crippen LogP contribution < -0.4 is 10.1 Å². The van der Waals surface area contributed by atoms with Gasteiger partial charge in [-0.05, 0) is 37.6 Å². The number of aromatic nitrogens is 1. The van der Waals surface area contributed by atoms with Crippen molar-refractivity contribution in [3.63, 3.8) is 0 Å². The van der Waals surface area contributed by atoms with Crippen molar-refractivity contribution in [2.45, 2.75) is 26.6 Å². The van der Waals surface area contributed by atoms with Crippen LogP contribution in [0, 0.1) is 6.92 Å². The summed E-state index contributed by atoms with van der Waals surface area (Å²) >= 11 is 1.60. The summed E-state index contributed by atoms with van der Waals surface area (Å²) in [6.07, 6.45) is 2.60. The largest absolute Gasteiger partial charge is 0.487 e. The van der Waals surface area contributed by atoms with Crippen molar-refractivity contribution in [1.82, 2.24) is 10.3 Å². The Labute approximate surface area is 139 Å². The van der Waals surface area contributed by atoms with Crippen molar-refractivity contribution in [2.75, 3.05) is 6.54 Å². The van der Waals surface area contributed by atoms with Gasteiger partial charge < -0.3 is 15.2 Å². The minimum atomic E-state index is -0.551. The number of thiazole rings is 1. The molecule has 1 amide bonds. The molecule has 0 fully saturated rings. The molecule has 0 aliphatic rings. The van der Waals surface area contributed by atoms with Gasteiger partial charge in [0.25, 0.3) is 0 Å². The fourth-order valence-electron chi connectivity index (χ4n) is 1.79. The molecule has 0 bridgehead atoms. The van der Waals surface area contributed by atoms with Gasteiger partial charge in [0.2, 0.25) is 5.91 Å². The predicted octanol–water partition coefficient (Wildman–Crippen LogP) is 2.54. The molecule has 0 saturated carbocycles. The summed E-state index contributed by atoms with van der Waals surface area (Å²) in [6, 6.07) is 7.46. The first-order chi connectivity index (χ1) is 11.0. The molecule has 0 aliphatic carbocycles. The van der Waals surface area contributed by atoms with Crippen molar-refractivity contribution in [1.29, 1.82) is 0 Å². The van der Waals surface area contributed by atoms with Gasteiger partial charge in [0.05, 0.1) is 16.8 Å². The number of carbonyl (C=O) groups is 1. The lowest BCUT2D eigenvalue weighted by Gasteiger charge is -2.05. The highest BCUT2D eigenvalue weighted by Gasteiger charge is 2.01. The summed E-state index contributed by atoms with van der Waals surface area (Å²) in [4.78, 5) is 15.9. The van der Waals surface area contributed by atoms with Gasteiger partial charge in [-0.2, -0.15) is 0 Å². The zero-order chi connectivity index (χ0) is 16.7. The van der Waals surface area contributed by atoms with Gasteiger partial charge in [-0.15, -0.1) is 11.3 Å². The van der Waals surface area contributed by atoms with E-state index in [-0.39, 0.29) is 12.5 Å². The lowest BCUT2D eigenvalue weighted by Crippen LogP contribution is -2.28. The minimum absolute atomic E-state index is 0.231. The van der Waals surface area contributed by atoms with Crippen LogP contribution in [-0.4, -0.2) is 28.6 Å². The highest BCUT2D eigenvalue weighted by Crippen LogP contribution is 2.16. The van der Waals surface area contributed by atoms with E-state index >= 15 is 0 Å². The topological polar surface area (TPSA) is 71.5 Å². The van der Waals surface area contributed by atoms with Gasteiger partial charge in [-0.3, -0.25) is 4.79 Å². The van der Waals surface area contributed by atoms with Crippen molar-refractivity contribution >= 4 is 23.3 Å². The summed E-state index contributed by atoms with van der Waals surface area (Å²) in [5.41, 5.74) is 1.82. The number of carbonyl (C=O) groups excluding carboxylic acids is 1. The number of amides is 1. The number of hydrogen-bond acceptors (Lipinski definition) is 5. The second-order valence-electron chi connectivity index (χ2n) is 5.14. The van der Waals surface area contributed by atoms with E-state index in [0.29, 0.717) is 6.61 Å². The zero-order valence-electron chi connectivity index (χ0n) is 13.2. The maximum atomic E-state index is 11.5. The molecule has 6 heteroatoms. The van der Waals surface area contributed by atoms with Gasteiger partial charge in [-0.1, -0.05) is 12.1 Å². The van der Waals surface area contributed by atoms with Crippen LogP contribution in [-0.2, 0) is 11.4 Å². The number of aliphatic hydroxyl groups excluding tert-OH is 1. The van der Waals surface area contributed by atoms with Gasteiger partial charge in [0.15, 0.2) is 0 Å². The van der Waals surface area contributed by atoms with E-state index in [9.17, 15) is 4.79 Å². The third-order valence-electron chi connectivity index (χ3n) is 2.93. The molecule has 5 nitrogen and oxygen atoms in total. The van der Waals surface area contributed by atoms with E-state index in [1.165, 1.54) is 6.08 Å². The van der Waals surface area contributed by atoms with E-state index in [4.69, 9.17) is 9.84 Å². The third-order valence-corrected chi connectivity index (χ3v) is 3.75. The molecule has 0 radical (unpaired) electrons. The molecule has 2 aromatic rings. The van der Waals surface area contributed by atoms with E-state index in [2.05, 4.69) is 10.3 Å². The first-order valence-corrected chi connectivity index (χ1v) is 8.19. The van der Waals surface area contributed by atoms with Gasteiger partial charge in [0, 0.05) is 18.0 Å². The maximum Gasteiger partial charge on any atom is 0.244 e. The number of nitrogens with one attached hydrogen (secondary N) is 1. The van der Waals surface area contributed by atoms with E-state index in [1.807, 2.05) is 36.6 Å². The molecular formula is C17H20N2O3S. The molecule has 122 valence electrons. The number of aryl methyl sites for hydroxylation is 1. The van der Waals surface area contributed by atoms with E-state index < -0.39 is 6.10 Å². The summed E-state index contributed by atoms with van der Waals surface area (Å²) in [6.45, 7) is 4.27. The monoisotopic (exact) mass is 332 g/mol. The summed E-state index contributed by atoms with van der Waals surface area (Å²) < 4.78 is 5.66. The molecule has 1 atom stereocenters. The lowest BCUT2D eigenvalue weighted by molar-refractivity contribution is -0.116. The fourth-order valence-corrected chi connectivity index (χ4v) is 2.38. The molecule has 2 rings (SSSR count). The Morgan fingerprint density at radius 3 is 2.78 bits per heavy atom. The quantitative estimate of drug-likeness (QED) is 0.764. The van der Waals surface area contributed by atoms with Crippen LogP contribution in [0.4, 0.5) is 0 Å². The lowest BCUT2D eigenvalue weighted by atomic mass is 10.2. The molecule has 0 saturated heterocycles. The summed E-state index contributed by atoms with van der Waals surface area (Å²) in [5, 5.41) is 14.7. The fraction of sp³-hybridized carbons (Fsp3) is 0.294. The zero-order valence-corrected chi connectivity index (χ0v) is 14.0. The summed E-state index contributed by atoms with van der Waals surface area (Å²) in [7, 11) is 0. The Hall–Kier alpha value is -2.18. The van der Waals surface area contributed by atoms with E-state index in [0.717, 1.165) is 22.0 Å². The highest BCUT2D eigenvalue weighted by atomic mass is 32.1. The Morgan fingerprint density at radius 2 is 2.17 bits per heavy atom. The first-order valence-electron chi connectivity index (χ1n) is 7.31. The molecule has 0 spiro atoms. The van der Waals surface area contributed by atoms with Gasteiger partial charge in [-0.25, -0.2) is 4.98 Å². The Kier molecular flexibility index (Phi) is 6.31. The van der Waals surface area contributed by atoms with Crippen molar-refractivity contribution < 1.29 is 14.6 Å². The van der Waals surface area contributed by atoms with Crippen LogP contribution in [0.5, 0.6) is 5.75 Å².